The number of benzene rings is 10. The molecule has 1 aliphatic heterocycles. The Labute approximate surface area is 356 Å². The Morgan fingerprint density at radius 3 is 1.48 bits per heavy atom. The van der Waals surface area contributed by atoms with Crippen LogP contribution in [0.5, 0.6) is 11.5 Å². The molecular formula is C59H39NO. The van der Waals surface area contributed by atoms with Crippen LogP contribution in [-0.4, -0.2) is 0 Å². The van der Waals surface area contributed by atoms with Gasteiger partial charge in [0.1, 0.15) is 11.5 Å². The summed E-state index contributed by atoms with van der Waals surface area (Å²) in [5.74, 6) is 1.74. The summed E-state index contributed by atoms with van der Waals surface area (Å²) >= 11 is 0. The van der Waals surface area contributed by atoms with E-state index in [0.717, 1.165) is 61.9 Å². The van der Waals surface area contributed by atoms with Crippen molar-refractivity contribution in [1.82, 2.24) is 0 Å². The number of para-hydroxylation sites is 1. The molecule has 0 unspecified atom stereocenters. The number of fused-ring (bicyclic) bond motifs is 10. The Morgan fingerprint density at radius 1 is 0.295 bits per heavy atom. The van der Waals surface area contributed by atoms with Crippen LogP contribution in [0.4, 0.5) is 17.1 Å². The van der Waals surface area contributed by atoms with Crippen molar-refractivity contribution in [3.63, 3.8) is 0 Å². The van der Waals surface area contributed by atoms with Crippen molar-refractivity contribution >= 4 is 27.8 Å². The fraction of sp³-hybridized carbons (Fsp3) is 0.0169. The number of ether oxygens (including phenoxy) is 1. The molecule has 12 rings (SSSR count). The van der Waals surface area contributed by atoms with Crippen molar-refractivity contribution in [2.24, 2.45) is 0 Å². The van der Waals surface area contributed by atoms with E-state index in [1.54, 1.807) is 0 Å². The maximum atomic E-state index is 7.13. The van der Waals surface area contributed by atoms with Gasteiger partial charge in [0, 0.05) is 28.1 Å². The minimum Gasteiger partial charge on any atom is -0.457 e. The van der Waals surface area contributed by atoms with E-state index in [1.165, 1.54) is 44.2 Å². The Kier molecular flexibility index (Phi) is 8.11. The van der Waals surface area contributed by atoms with Gasteiger partial charge in [-0.2, -0.15) is 0 Å². The molecule has 10 aromatic rings. The summed E-state index contributed by atoms with van der Waals surface area (Å²) < 4.78 is 7.13. The first-order chi connectivity index (χ1) is 30.2. The lowest BCUT2D eigenvalue weighted by molar-refractivity contribution is 0.437. The molecule has 0 N–H and O–H groups in total. The van der Waals surface area contributed by atoms with Gasteiger partial charge in [0.05, 0.1) is 11.1 Å². The lowest BCUT2D eigenvalue weighted by Gasteiger charge is -2.40. The molecule has 0 atom stereocenters. The van der Waals surface area contributed by atoms with Gasteiger partial charge in [-0.05, 0) is 103 Å². The fourth-order valence-corrected chi connectivity index (χ4v) is 9.98. The standard InChI is InChI=1S/C59H39NO/c1-4-16-40(17-5-1)45-29-34-53-57(37-45)61-58-38-46(41-18-6-2-7-19-41)30-35-54(58)59(53)52-26-14-12-25-50(52)51-33-32-48(39-55(51)59)60(47-31-28-42-20-10-11-23-44(42)36-47)56-27-15-13-24-49(56)43-21-8-3-9-22-43/h1-39H. The SMILES string of the molecule is c1ccc(-c2ccc3c(c2)Oc2cc(-c4ccccc4)ccc2C32c3ccccc3-c3ccc(N(c4ccc5ccccc5c4)c4ccccc4-c4ccccc4)cc32)cc1. The van der Waals surface area contributed by atoms with E-state index < -0.39 is 5.41 Å². The molecule has 0 saturated carbocycles. The van der Waals surface area contributed by atoms with E-state index >= 15 is 0 Å². The molecule has 1 heterocycles. The largest absolute Gasteiger partial charge is 0.457 e. The van der Waals surface area contributed by atoms with Crippen LogP contribution in [0, 0.1) is 0 Å². The van der Waals surface area contributed by atoms with Gasteiger partial charge in [-0.3, -0.25) is 0 Å². The van der Waals surface area contributed by atoms with Gasteiger partial charge in [-0.25, -0.2) is 0 Å². The van der Waals surface area contributed by atoms with Crippen molar-refractivity contribution in [2.45, 2.75) is 5.41 Å². The summed E-state index contributed by atoms with van der Waals surface area (Å²) in [6.45, 7) is 0. The lowest BCUT2D eigenvalue weighted by Crippen LogP contribution is -2.32. The van der Waals surface area contributed by atoms with Crippen molar-refractivity contribution in [1.29, 1.82) is 0 Å². The first-order valence-electron chi connectivity index (χ1n) is 21.0. The van der Waals surface area contributed by atoms with E-state index in [9.17, 15) is 0 Å². The quantitative estimate of drug-likeness (QED) is 0.167. The Balaban J connectivity index is 1.14. The third-order valence-corrected chi connectivity index (χ3v) is 12.7. The van der Waals surface area contributed by atoms with E-state index in [0.29, 0.717) is 0 Å². The number of rotatable bonds is 6. The Morgan fingerprint density at radius 2 is 0.803 bits per heavy atom. The minimum atomic E-state index is -0.663. The highest BCUT2D eigenvalue weighted by Gasteiger charge is 2.51. The van der Waals surface area contributed by atoms with Crippen LogP contribution in [0.2, 0.25) is 0 Å². The van der Waals surface area contributed by atoms with Crippen LogP contribution in [0.25, 0.3) is 55.3 Å². The number of hydrogen-bond donors (Lipinski definition) is 0. The lowest BCUT2D eigenvalue weighted by atomic mass is 9.65. The first-order valence-corrected chi connectivity index (χ1v) is 21.0. The number of anilines is 3. The molecule has 0 aromatic heterocycles. The van der Waals surface area contributed by atoms with Gasteiger partial charge in [0.2, 0.25) is 0 Å². The number of hydrogen-bond acceptors (Lipinski definition) is 2. The molecule has 61 heavy (non-hydrogen) atoms. The van der Waals surface area contributed by atoms with Crippen molar-refractivity contribution in [2.75, 3.05) is 4.90 Å². The van der Waals surface area contributed by atoms with Crippen LogP contribution in [0.1, 0.15) is 22.3 Å². The maximum absolute atomic E-state index is 7.13. The molecule has 2 aliphatic rings. The molecule has 1 aliphatic carbocycles. The van der Waals surface area contributed by atoms with Crippen molar-refractivity contribution < 1.29 is 4.74 Å². The summed E-state index contributed by atoms with van der Waals surface area (Å²) in [6, 6.07) is 85.9. The van der Waals surface area contributed by atoms with E-state index in [1.807, 2.05) is 0 Å². The molecule has 0 fully saturated rings. The normalized spacial score (nSPS) is 12.9. The minimum absolute atomic E-state index is 0.663. The van der Waals surface area contributed by atoms with E-state index in [4.69, 9.17) is 4.74 Å². The predicted molar refractivity (Wildman–Crippen MR) is 252 cm³/mol. The number of nitrogens with zero attached hydrogens (tertiary/aromatic N) is 1. The molecule has 0 radical (unpaired) electrons. The van der Waals surface area contributed by atoms with Gasteiger partial charge in [0.15, 0.2) is 0 Å². The van der Waals surface area contributed by atoms with Crippen molar-refractivity contribution in [3.05, 3.63) is 259 Å². The second kappa shape index (κ2) is 14.1. The van der Waals surface area contributed by atoms with Gasteiger partial charge < -0.3 is 9.64 Å². The molecule has 0 amide bonds. The van der Waals surface area contributed by atoms with E-state index in [-0.39, 0.29) is 0 Å². The summed E-state index contributed by atoms with van der Waals surface area (Å²) in [5.41, 5.74) is 16.8. The summed E-state index contributed by atoms with van der Waals surface area (Å²) in [6.07, 6.45) is 0. The monoisotopic (exact) mass is 777 g/mol. The first kappa shape index (κ1) is 35.0. The second-order valence-corrected chi connectivity index (χ2v) is 16.0. The Hall–Kier alpha value is -7.94. The highest BCUT2D eigenvalue weighted by atomic mass is 16.5. The van der Waals surface area contributed by atoms with Crippen molar-refractivity contribution in [3.8, 4) is 56.0 Å². The molecule has 10 aromatic carbocycles. The summed E-state index contributed by atoms with van der Waals surface area (Å²) in [5, 5.41) is 2.41. The third kappa shape index (κ3) is 5.57. The second-order valence-electron chi connectivity index (χ2n) is 16.0. The van der Waals surface area contributed by atoms with Crippen LogP contribution in [0.3, 0.4) is 0 Å². The zero-order valence-electron chi connectivity index (χ0n) is 33.4. The molecule has 1 spiro atoms. The van der Waals surface area contributed by atoms with Gasteiger partial charge in [-0.15, -0.1) is 0 Å². The Bertz CT molecular complexity index is 3190. The maximum Gasteiger partial charge on any atom is 0.132 e. The van der Waals surface area contributed by atoms with Gasteiger partial charge in [0.25, 0.3) is 0 Å². The highest BCUT2D eigenvalue weighted by Crippen LogP contribution is 2.63. The fourth-order valence-electron chi connectivity index (χ4n) is 9.98. The topological polar surface area (TPSA) is 12.5 Å². The average molecular weight is 778 g/mol. The zero-order chi connectivity index (χ0) is 40.3. The summed E-state index contributed by atoms with van der Waals surface area (Å²) in [4.78, 5) is 2.45. The van der Waals surface area contributed by atoms with E-state index in [2.05, 4.69) is 241 Å². The molecule has 2 nitrogen and oxygen atoms in total. The molecular weight excluding hydrogens is 739 g/mol. The molecule has 286 valence electrons. The van der Waals surface area contributed by atoms with Crippen LogP contribution >= 0.6 is 0 Å². The third-order valence-electron chi connectivity index (χ3n) is 12.7. The molecule has 0 bridgehead atoms. The zero-order valence-corrected chi connectivity index (χ0v) is 33.4. The smallest absolute Gasteiger partial charge is 0.132 e. The van der Waals surface area contributed by atoms with Crippen LogP contribution in [-0.2, 0) is 5.41 Å². The van der Waals surface area contributed by atoms with Gasteiger partial charge >= 0.3 is 0 Å². The van der Waals surface area contributed by atoms with Crippen LogP contribution in [0.15, 0.2) is 237 Å². The molecule has 0 saturated heterocycles. The average Bonchev–Trinajstić information content (AvgIpc) is 3.62. The molecule has 2 heteroatoms. The van der Waals surface area contributed by atoms with Gasteiger partial charge in [-0.1, -0.05) is 194 Å². The highest BCUT2D eigenvalue weighted by molar-refractivity contribution is 5.96. The predicted octanol–water partition coefficient (Wildman–Crippen LogP) is 15.8. The summed E-state index contributed by atoms with van der Waals surface area (Å²) in [7, 11) is 0. The van der Waals surface area contributed by atoms with Crippen LogP contribution < -0.4 is 9.64 Å².